The zero-order valence-electron chi connectivity index (χ0n) is 21.8. The van der Waals surface area contributed by atoms with E-state index in [4.69, 9.17) is 9.47 Å². The van der Waals surface area contributed by atoms with Gasteiger partial charge >= 0.3 is 5.97 Å². The Morgan fingerprint density at radius 1 is 0.872 bits per heavy atom. The van der Waals surface area contributed by atoms with Crippen LogP contribution in [-0.2, 0) is 18.0 Å². The summed E-state index contributed by atoms with van der Waals surface area (Å²) in [6.07, 6.45) is 4.87. The summed E-state index contributed by atoms with van der Waals surface area (Å²) in [5.41, 5.74) is 3.51. The zero-order valence-corrected chi connectivity index (χ0v) is 23.5. The van der Waals surface area contributed by atoms with Crippen LogP contribution in [0.25, 0.3) is 5.57 Å². The highest BCUT2D eigenvalue weighted by Crippen LogP contribution is 2.37. The van der Waals surface area contributed by atoms with E-state index in [1.165, 1.54) is 15.3 Å². The summed E-state index contributed by atoms with van der Waals surface area (Å²) in [5, 5.41) is 13.7. The molecule has 39 heavy (non-hydrogen) atoms. The summed E-state index contributed by atoms with van der Waals surface area (Å²) in [4.78, 5) is 16.2. The van der Waals surface area contributed by atoms with Crippen LogP contribution in [0.4, 0.5) is 0 Å². The van der Waals surface area contributed by atoms with Gasteiger partial charge in [0.15, 0.2) is 0 Å². The number of rotatable bonds is 12. The van der Waals surface area contributed by atoms with Gasteiger partial charge in [-0.25, -0.2) is 0 Å². The van der Waals surface area contributed by atoms with Crippen molar-refractivity contribution in [3.63, 3.8) is 0 Å². The van der Waals surface area contributed by atoms with E-state index < -0.39 is 5.97 Å². The van der Waals surface area contributed by atoms with Crippen LogP contribution in [0, 0.1) is 5.92 Å². The second-order valence-corrected chi connectivity index (χ2v) is 11.5. The lowest BCUT2D eigenvalue weighted by molar-refractivity contribution is -0.143. The van der Waals surface area contributed by atoms with Gasteiger partial charge in [-0.2, -0.15) is 0 Å². The van der Waals surface area contributed by atoms with Crippen LogP contribution >= 0.6 is 22.7 Å². The number of benzene rings is 2. The van der Waals surface area contributed by atoms with Crippen molar-refractivity contribution < 1.29 is 19.4 Å². The minimum atomic E-state index is -0.681. The molecule has 0 amide bonds. The van der Waals surface area contributed by atoms with Gasteiger partial charge in [0.2, 0.25) is 0 Å². The number of hydrogen-bond donors (Lipinski definition) is 1. The Bertz CT molecular complexity index is 1280. The van der Waals surface area contributed by atoms with Gasteiger partial charge in [0.25, 0.3) is 0 Å². The van der Waals surface area contributed by atoms with Crippen LogP contribution in [0.1, 0.15) is 40.1 Å². The minimum absolute atomic E-state index is 0.264. The van der Waals surface area contributed by atoms with Crippen molar-refractivity contribution >= 4 is 34.2 Å². The third-order valence-corrected chi connectivity index (χ3v) is 8.89. The highest BCUT2D eigenvalue weighted by atomic mass is 32.1. The highest BCUT2D eigenvalue weighted by Gasteiger charge is 2.25. The molecule has 3 heterocycles. The van der Waals surface area contributed by atoms with E-state index in [2.05, 4.69) is 33.9 Å². The van der Waals surface area contributed by atoms with Crippen molar-refractivity contribution in [2.45, 2.75) is 32.5 Å². The first-order valence-electron chi connectivity index (χ1n) is 13.3. The summed E-state index contributed by atoms with van der Waals surface area (Å²) in [5.74, 6) is 0.761. The molecule has 0 aliphatic carbocycles. The zero-order chi connectivity index (χ0) is 26.9. The molecule has 1 aliphatic rings. The summed E-state index contributed by atoms with van der Waals surface area (Å²) < 4.78 is 12.2. The standard InChI is InChI=1S/C32H33NO4S2/c34-32(35)24-9-7-17-33(21-24)18-8-14-29(30-25(15-19-38-30)22-36-27-10-3-1-4-11-27)31-26(16-20-39-31)23-37-28-12-5-2-6-13-28/h1-6,10-16,19-20,24H,7-9,17-18,21-23H2,(H,34,35)/t24-/m1/s1. The molecular weight excluding hydrogens is 526 g/mol. The normalized spacial score (nSPS) is 15.5. The Labute approximate surface area is 238 Å². The third-order valence-electron chi connectivity index (χ3n) is 6.91. The molecule has 0 radical (unpaired) electrons. The van der Waals surface area contributed by atoms with Crippen LogP contribution in [0.15, 0.2) is 89.6 Å². The fourth-order valence-electron chi connectivity index (χ4n) is 4.87. The van der Waals surface area contributed by atoms with Crippen molar-refractivity contribution in [1.82, 2.24) is 4.90 Å². The fraction of sp³-hybridized carbons (Fsp3) is 0.281. The number of ether oxygens (including phenoxy) is 2. The molecule has 2 aromatic heterocycles. The predicted octanol–water partition coefficient (Wildman–Crippen LogP) is 7.59. The van der Waals surface area contributed by atoms with Crippen molar-refractivity contribution in [2.75, 3.05) is 19.6 Å². The Morgan fingerprint density at radius 2 is 1.44 bits per heavy atom. The summed E-state index contributed by atoms with van der Waals surface area (Å²) in [7, 11) is 0. The molecule has 1 fully saturated rings. The number of piperidine rings is 1. The molecule has 0 bridgehead atoms. The monoisotopic (exact) mass is 559 g/mol. The molecule has 7 heteroatoms. The maximum atomic E-state index is 11.5. The van der Waals surface area contributed by atoms with Crippen LogP contribution in [-0.4, -0.2) is 35.6 Å². The lowest BCUT2D eigenvalue weighted by Crippen LogP contribution is -2.39. The average Bonchev–Trinajstić information content (AvgIpc) is 3.64. The van der Waals surface area contributed by atoms with Gasteiger partial charge in [-0.1, -0.05) is 42.5 Å². The number of hydrogen-bond acceptors (Lipinski definition) is 6. The van der Waals surface area contributed by atoms with Gasteiger partial charge in [0.1, 0.15) is 24.7 Å². The number of carbonyl (C=O) groups is 1. The number of likely N-dealkylation sites (tertiary alicyclic amines) is 1. The van der Waals surface area contributed by atoms with Crippen LogP contribution < -0.4 is 9.47 Å². The Balaban J connectivity index is 1.37. The quantitative estimate of drug-likeness (QED) is 0.194. The van der Waals surface area contributed by atoms with E-state index >= 15 is 0 Å². The molecule has 1 saturated heterocycles. The van der Waals surface area contributed by atoms with Gasteiger partial charge in [-0.3, -0.25) is 4.79 Å². The number of carboxylic acids is 1. The molecule has 4 aromatic rings. The van der Waals surface area contributed by atoms with E-state index in [0.717, 1.165) is 55.0 Å². The maximum absolute atomic E-state index is 11.5. The van der Waals surface area contributed by atoms with E-state index in [0.29, 0.717) is 19.8 Å². The molecule has 0 saturated carbocycles. The van der Waals surface area contributed by atoms with Gasteiger partial charge in [-0.05, 0) is 73.0 Å². The third kappa shape index (κ3) is 7.38. The molecule has 0 unspecified atom stereocenters. The van der Waals surface area contributed by atoms with Crippen molar-refractivity contribution in [3.8, 4) is 11.5 Å². The fourth-order valence-corrected chi connectivity index (χ4v) is 6.85. The number of aliphatic carboxylic acids is 1. The van der Waals surface area contributed by atoms with E-state index in [1.54, 1.807) is 22.7 Å². The van der Waals surface area contributed by atoms with Gasteiger partial charge in [0.05, 0.1) is 5.92 Å². The number of carboxylic acid groups (broad SMARTS) is 1. The summed E-state index contributed by atoms with van der Waals surface area (Å²) in [6.45, 7) is 3.41. The van der Waals surface area contributed by atoms with E-state index in [9.17, 15) is 9.90 Å². The molecule has 0 spiro atoms. The Morgan fingerprint density at radius 3 is 1.97 bits per heavy atom. The van der Waals surface area contributed by atoms with E-state index in [1.807, 2.05) is 60.7 Å². The first kappa shape index (κ1) is 27.2. The van der Waals surface area contributed by atoms with Crippen LogP contribution in [0.2, 0.25) is 0 Å². The first-order valence-corrected chi connectivity index (χ1v) is 15.1. The average molecular weight is 560 g/mol. The van der Waals surface area contributed by atoms with Gasteiger partial charge in [-0.15, -0.1) is 22.7 Å². The van der Waals surface area contributed by atoms with Crippen molar-refractivity contribution in [1.29, 1.82) is 0 Å². The number of thiophene rings is 2. The second kappa shape index (κ2) is 13.6. The molecule has 2 aromatic carbocycles. The summed E-state index contributed by atoms with van der Waals surface area (Å²) >= 11 is 3.46. The summed E-state index contributed by atoms with van der Waals surface area (Å²) in [6, 6.07) is 24.1. The second-order valence-electron chi connectivity index (χ2n) is 9.64. The SMILES string of the molecule is O=C(O)[C@@H]1CCCN(CCC=C(c2sccc2COc2ccccc2)c2sccc2COc2ccccc2)C1. The molecule has 1 aliphatic heterocycles. The Hall–Kier alpha value is -3.39. The highest BCUT2D eigenvalue weighted by molar-refractivity contribution is 7.14. The molecule has 5 nitrogen and oxygen atoms in total. The van der Waals surface area contributed by atoms with Gasteiger partial charge < -0.3 is 19.5 Å². The number of nitrogens with zero attached hydrogens (tertiary/aromatic N) is 1. The maximum Gasteiger partial charge on any atom is 0.307 e. The predicted molar refractivity (Wildman–Crippen MR) is 159 cm³/mol. The molecule has 5 rings (SSSR count). The minimum Gasteiger partial charge on any atom is -0.489 e. The van der Waals surface area contributed by atoms with Crippen molar-refractivity contribution in [2.24, 2.45) is 5.92 Å². The van der Waals surface area contributed by atoms with Crippen molar-refractivity contribution in [3.05, 3.63) is 111 Å². The smallest absolute Gasteiger partial charge is 0.307 e. The lowest BCUT2D eigenvalue weighted by atomic mass is 9.98. The topological polar surface area (TPSA) is 59.0 Å². The van der Waals surface area contributed by atoms with E-state index in [-0.39, 0.29) is 5.92 Å². The number of para-hydroxylation sites is 2. The van der Waals surface area contributed by atoms with Crippen LogP contribution in [0.5, 0.6) is 11.5 Å². The Kier molecular flexibility index (Phi) is 9.48. The molecular formula is C32H33NO4S2. The van der Waals surface area contributed by atoms with Crippen LogP contribution in [0.3, 0.4) is 0 Å². The van der Waals surface area contributed by atoms with Gasteiger partial charge in [0, 0.05) is 39.5 Å². The molecule has 202 valence electrons. The lowest BCUT2D eigenvalue weighted by Gasteiger charge is -2.30. The largest absolute Gasteiger partial charge is 0.489 e. The molecule has 1 N–H and O–H groups in total. The first-order chi connectivity index (χ1) is 19.2. The molecule has 1 atom stereocenters.